The van der Waals surface area contributed by atoms with Crippen LogP contribution < -0.4 is 14.2 Å². The van der Waals surface area contributed by atoms with Gasteiger partial charge in [0.15, 0.2) is 12.4 Å². The summed E-state index contributed by atoms with van der Waals surface area (Å²) in [6.07, 6.45) is -2.65. The molecule has 3 heterocycles. The predicted octanol–water partition coefficient (Wildman–Crippen LogP) is 4.19. The van der Waals surface area contributed by atoms with E-state index < -0.39 is 19.1 Å². The molecule has 35 heavy (non-hydrogen) atoms. The number of amidine groups is 1. The molecule has 186 valence electrons. The van der Waals surface area contributed by atoms with Crippen molar-refractivity contribution >= 4 is 11.4 Å². The Morgan fingerprint density at radius 2 is 1.71 bits per heavy atom. The Kier molecular flexibility index (Phi) is 6.71. The lowest BCUT2D eigenvalue weighted by Crippen LogP contribution is -2.29. The Morgan fingerprint density at radius 1 is 0.943 bits per heavy atom. The minimum atomic E-state index is -4.75. The topological polar surface area (TPSA) is 72.3 Å². The van der Waals surface area contributed by atoms with Crippen LogP contribution in [0, 0.1) is 0 Å². The highest BCUT2D eigenvalue weighted by Crippen LogP contribution is 2.28. The number of ether oxygens (including phenoxy) is 3. The Balaban J connectivity index is 1.28. The van der Waals surface area contributed by atoms with Gasteiger partial charge in [-0.25, -0.2) is 4.98 Å². The van der Waals surface area contributed by atoms with Gasteiger partial charge in [-0.05, 0) is 35.4 Å². The SMILES string of the molecule is FC(F)(F)COc1ccnc(OCCN2CN3C=C(c4ccc(OC(F)(F)F)cc4)C=CC3=N2)n1. The van der Waals surface area contributed by atoms with Crippen LogP contribution in [-0.2, 0) is 0 Å². The van der Waals surface area contributed by atoms with Crippen LogP contribution in [0.15, 0.2) is 60.0 Å². The van der Waals surface area contributed by atoms with E-state index in [-0.39, 0.29) is 24.2 Å². The molecular formula is C21H17F6N5O3. The fraction of sp³-hybridized carbons (Fsp3) is 0.286. The van der Waals surface area contributed by atoms with Gasteiger partial charge >= 0.3 is 18.5 Å². The van der Waals surface area contributed by atoms with E-state index >= 15 is 0 Å². The minimum Gasteiger partial charge on any atom is -0.468 e. The molecule has 1 aromatic carbocycles. The van der Waals surface area contributed by atoms with E-state index in [4.69, 9.17) is 4.74 Å². The normalized spacial score (nSPS) is 15.5. The van der Waals surface area contributed by atoms with E-state index in [2.05, 4.69) is 24.5 Å². The fourth-order valence-corrected chi connectivity index (χ4v) is 3.11. The van der Waals surface area contributed by atoms with Crippen molar-refractivity contribution in [3.63, 3.8) is 0 Å². The average molecular weight is 501 g/mol. The van der Waals surface area contributed by atoms with E-state index in [0.29, 0.717) is 24.6 Å². The standard InChI is InChI=1S/C21H17F6N5O3/c22-20(23,24)12-34-18-7-8-28-19(29-18)33-10-9-32-13-31-11-15(3-6-17(31)30-32)14-1-4-16(5-2-14)35-21(25,26)27/h1-8,11H,9-10,12-13H2. The zero-order valence-corrected chi connectivity index (χ0v) is 17.8. The highest BCUT2D eigenvalue weighted by molar-refractivity contribution is 6.00. The first-order chi connectivity index (χ1) is 16.5. The third kappa shape index (κ3) is 7.01. The summed E-state index contributed by atoms with van der Waals surface area (Å²) in [6.45, 7) is -0.651. The van der Waals surface area contributed by atoms with Crippen LogP contribution in [0.5, 0.6) is 17.6 Å². The molecule has 0 saturated carbocycles. The lowest BCUT2D eigenvalue weighted by atomic mass is 10.0. The molecule has 0 unspecified atom stereocenters. The van der Waals surface area contributed by atoms with Crippen LogP contribution in [0.1, 0.15) is 5.56 Å². The van der Waals surface area contributed by atoms with Gasteiger partial charge in [-0.2, -0.15) is 23.3 Å². The molecule has 0 saturated heterocycles. The van der Waals surface area contributed by atoms with Gasteiger partial charge in [-0.15, -0.1) is 13.2 Å². The van der Waals surface area contributed by atoms with Crippen molar-refractivity contribution in [1.82, 2.24) is 19.9 Å². The van der Waals surface area contributed by atoms with Crippen molar-refractivity contribution in [2.24, 2.45) is 5.10 Å². The number of hydrogen-bond donors (Lipinski definition) is 0. The zero-order valence-electron chi connectivity index (χ0n) is 17.8. The molecule has 8 nitrogen and oxygen atoms in total. The first kappa shape index (κ1) is 24.2. The number of aromatic nitrogens is 2. The minimum absolute atomic E-state index is 0.105. The quantitative estimate of drug-likeness (QED) is 0.503. The van der Waals surface area contributed by atoms with Crippen molar-refractivity contribution in [3.05, 3.63) is 60.4 Å². The maximum absolute atomic E-state index is 12.3. The highest BCUT2D eigenvalue weighted by Gasteiger charge is 2.31. The van der Waals surface area contributed by atoms with Crippen LogP contribution in [0.2, 0.25) is 0 Å². The summed E-state index contributed by atoms with van der Waals surface area (Å²) >= 11 is 0. The third-order valence-corrected chi connectivity index (χ3v) is 4.55. The Bertz CT molecular complexity index is 1130. The Labute approximate surface area is 194 Å². The van der Waals surface area contributed by atoms with Crippen molar-refractivity contribution < 1.29 is 40.6 Å². The maximum Gasteiger partial charge on any atom is 0.573 e. The van der Waals surface area contributed by atoms with Gasteiger partial charge in [0.2, 0.25) is 5.88 Å². The molecule has 0 N–H and O–H groups in total. The first-order valence-corrected chi connectivity index (χ1v) is 10.1. The largest absolute Gasteiger partial charge is 0.573 e. The van der Waals surface area contributed by atoms with E-state index in [1.807, 2.05) is 11.1 Å². The molecule has 2 aliphatic rings. The second kappa shape index (κ2) is 9.72. The summed E-state index contributed by atoms with van der Waals surface area (Å²) in [4.78, 5) is 9.45. The molecule has 2 aromatic rings. The first-order valence-electron chi connectivity index (χ1n) is 10.1. The number of allylic oxidation sites excluding steroid dienone is 2. The predicted molar refractivity (Wildman–Crippen MR) is 110 cm³/mol. The second-order valence-electron chi connectivity index (χ2n) is 7.22. The monoisotopic (exact) mass is 501 g/mol. The number of rotatable bonds is 8. The maximum atomic E-state index is 12.3. The second-order valence-corrected chi connectivity index (χ2v) is 7.22. The highest BCUT2D eigenvalue weighted by atomic mass is 19.4. The molecule has 0 aliphatic carbocycles. The van der Waals surface area contributed by atoms with Crippen LogP contribution in [0.25, 0.3) is 5.57 Å². The Hall–Kier alpha value is -3.97. The summed E-state index contributed by atoms with van der Waals surface area (Å²) in [5, 5.41) is 6.12. The van der Waals surface area contributed by atoms with Crippen LogP contribution >= 0.6 is 0 Å². The number of hydrazone groups is 1. The molecule has 0 spiro atoms. The summed E-state index contributed by atoms with van der Waals surface area (Å²) < 4.78 is 87.6. The van der Waals surface area contributed by atoms with Crippen molar-refractivity contribution in [2.75, 3.05) is 26.4 Å². The van der Waals surface area contributed by atoms with Gasteiger partial charge in [-0.1, -0.05) is 12.1 Å². The van der Waals surface area contributed by atoms with Gasteiger partial charge < -0.3 is 19.1 Å². The number of alkyl halides is 6. The molecular weight excluding hydrogens is 484 g/mol. The molecule has 0 fully saturated rings. The van der Waals surface area contributed by atoms with E-state index in [1.54, 1.807) is 17.2 Å². The van der Waals surface area contributed by atoms with Gasteiger partial charge in [0.1, 0.15) is 19.0 Å². The Morgan fingerprint density at radius 3 is 2.43 bits per heavy atom. The smallest absolute Gasteiger partial charge is 0.468 e. The van der Waals surface area contributed by atoms with Crippen molar-refractivity contribution in [1.29, 1.82) is 0 Å². The fourth-order valence-electron chi connectivity index (χ4n) is 3.11. The number of benzene rings is 1. The molecule has 0 atom stereocenters. The van der Waals surface area contributed by atoms with E-state index in [1.165, 1.54) is 36.5 Å². The summed E-state index contributed by atoms with van der Waals surface area (Å²) in [5.74, 6) is 0.0916. The number of hydrogen-bond acceptors (Lipinski definition) is 8. The molecule has 0 bridgehead atoms. The molecule has 0 amide bonds. The van der Waals surface area contributed by atoms with E-state index in [0.717, 1.165) is 5.57 Å². The van der Waals surface area contributed by atoms with Gasteiger partial charge in [-0.3, -0.25) is 5.01 Å². The summed E-state index contributed by atoms with van der Waals surface area (Å²) in [5.41, 5.74) is 1.46. The van der Waals surface area contributed by atoms with Crippen LogP contribution in [-0.4, -0.2) is 64.7 Å². The number of fused-ring (bicyclic) bond motifs is 1. The van der Waals surface area contributed by atoms with Crippen molar-refractivity contribution in [3.8, 4) is 17.6 Å². The molecule has 2 aliphatic heterocycles. The summed E-state index contributed by atoms with van der Waals surface area (Å²) in [6, 6.07) is 6.58. The zero-order chi connectivity index (χ0) is 25.1. The van der Waals surface area contributed by atoms with E-state index in [9.17, 15) is 26.3 Å². The van der Waals surface area contributed by atoms with Crippen molar-refractivity contribution in [2.45, 2.75) is 12.5 Å². The third-order valence-electron chi connectivity index (χ3n) is 4.55. The van der Waals surface area contributed by atoms with Gasteiger partial charge in [0.25, 0.3) is 0 Å². The molecule has 14 heteroatoms. The lowest BCUT2D eigenvalue weighted by molar-refractivity contribution is -0.274. The molecule has 4 rings (SSSR count). The lowest BCUT2D eigenvalue weighted by Gasteiger charge is -2.20. The van der Waals surface area contributed by atoms with Crippen LogP contribution in [0.4, 0.5) is 26.3 Å². The van der Waals surface area contributed by atoms with Gasteiger partial charge in [0, 0.05) is 18.5 Å². The number of halogens is 6. The van der Waals surface area contributed by atoms with Gasteiger partial charge in [0.05, 0.1) is 6.54 Å². The summed E-state index contributed by atoms with van der Waals surface area (Å²) in [7, 11) is 0. The number of nitrogens with zero attached hydrogens (tertiary/aromatic N) is 5. The molecule has 0 radical (unpaired) electrons. The average Bonchev–Trinajstić information content (AvgIpc) is 3.19. The van der Waals surface area contributed by atoms with Crippen LogP contribution in [0.3, 0.4) is 0 Å². The molecule has 1 aromatic heterocycles.